The molecule has 0 spiro atoms. The average Bonchev–Trinajstić information content (AvgIpc) is 3.39. The fourth-order valence-electron chi connectivity index (χ4n) is 4.05. The van der Waals surface area contributed by atoms with Gasteiger partial charge in [0.1, 0.15) is 5.75 Å². The van der Waals surface area contributed by atoms with Gasteiger partial charge in [0.2, 0.25) is 0 Å². The number of methoxy groups -OCH3 is 1. The van der Waals surface area contributed by atoms with Gasteiger partial charge in [-0.2, -0.15) is 0 Å². The van der Waals surface area contributed by atoms with Crippen molar-refractivity contribution in [3.05, 3.63) is 51.2 Å². The molecule has 1 N–H and O–H groups in total. The fourth-order valence-corrected chi connectivity index (χ4v) is 5.22. The molecule has 1 aromatic heterocycles. The smallest absolute Gasteiger partial charge is 0.261 e. The van der Waals surface area contributed by atoms with Gasteiger partial charge in [-0.1, -0.05) is 12.1 Å². The number of hydrogen-bond donors (Lipinski definition) is 1. The van der Waals surface area contributed by atoms with Gasteiger partial charge in [-0.3, -0.25) is 9.69 Å². The first-order valence-electron chi connectivity index (χ1n) is 9.52. The molecule has 1 saturated heterocycles. The molecule has 26 heavy (non-hydrogen) atoms. The van der Waals surface area contributed by atoms with Crippen LogP contribution in [0.4, 0.5) is 0 Å². The van der Waals surface area contributed by atoms with Crippen LogP contribution < -0.4 is 10.1 Å². The Kier molecular flexibility index (Phi) is 5.27. The molecule has 1 fully saturated rings. The Morgan fingerprint density at radius 2 is 1.96 bits per heavy atom. The van der Waals surface area contributed by atoms with Crippen LogP contribution >= 0.6 is 11.3 Å². The summed E-state index contributed by atoms with van der Waals surface area (Å²) < 4.78 is 5.28. The molecule has 4 rings (SSSR count). The highest BCUT2D eigenvalue weighted by atomic mass is 32.1. The summed E-state index contributed by atoms with van der Waals surface area (Å²) in [5.74, 6) is 0.938. The van der Waals surface area contributed by atoms with Crippen molar-refractivity contribution < 1.29 is 9.53 Å². The lowest BCUT2D eigenvalue weighted by molar-refractivity contribution is 0.0942. The molecular weight excluding hydrogens is 344 g/mol. The molecule has 1 aliphatic carbocycles. The SMILES string of the molecule is COc1ccc([C@@H](CNC(=O)c2cc3c(s2)CCC3)N2CCCC2)cc1. The Morgan fingerprint density at radius 1 is 1.19 bits per heavy atom. The van der Waals surface area contributed by atoms with Crippen LogP contribution in [0.15, 0.2) is 30.3 Å². The maximum atomic E-state index is 12.7. The van der Waals surface area contributed by atoms with Gasteiger partial charge in [-0.15, -0.1) is 11.3 Å². The van der Waals surface area contributed by atoms with E-state index in [2.05, 4.69) is 28.4 Å². The van der Waals surface area contributed by atoms with E-state index in [-0.39, 0.29) is 11.9 Å². The number of hydrogen-bond acceptors (Lipinski definition) is 4. The lowest BCUT2D eigenvalue weighted by atomic mass is 10.1. The van der Waals surface area contributed by atoms with Crippen LogP contribution in [0.5, 0.6) is 5.75 Å². The lowest BCUT2D eigenvalue weighted by Crippen LogP contribution is -2.36. The standard InChI is InChI=1S/C21H26N2O2S/c1-25-17-9-7-15(8-10-17)18(23-11-2-3-12-23)14-22-21(24)20-13-16-5-4-6-19(16)26-20/h7-10,13,18H,2-6,11-12,14H2,1H3,(H,22,24)/t18-/m1/s1. The number of rotatable bonds is 6. The molecular formula is C21H26N2O2S. The Balaban J connectivity index is 1.46. The quantitative estimate of drug-likeness (QED) is 0.841. The highest BCUT2D eigenvalue weighted by molar-refractivity contribution is 7.14. The third-order valence-corrected chi connectivity index (χ3v) is 6.74. The number of amides is 1. The van der Waals surface area contributed by atoms with Crippen molar-refractivity contribution >= 4 is 17.2 Å². The van der Waals surface area contributed by atoms with Gasteiger partial charge in [0, 0.05) is 11.4 Å². The Morgan fingerprint density at radius 3 is 2.65 bits per heavy atom. The number of likely N-dealkylation sites (tertiary alicyclic amines) is 1. The molecule has 0 bridgehead atoms. The van der Waals surface area contributed by atoms with Crippen molar-refractivity contribution in [2.45, 2.75) is 38.1 Å². The summed E-state index contributed by atoms with van der Waals surface area (Å²) in [4.78, 5) is 17.4. The molecule has 1 atom stereocenters. The molecule has 0 radical (unpaired) electrons. The predicted molar refractivity (Wildman–Crippen MR) is 105 cm³/mol. The highest BCUT2D eigenvalue weighted by Gasteiger charge is 2.25. The summed E-state index contributed by atoms with van der Waals surface area (Å²) in [7, 11) is 1.69. The van der Waals surface area contributed by atoms with E-state index in [1.807, 2.05) is 12.1 Å². The second-order valence-electron chi connectivity index (χ2n) is 7.15. The van der Waals surface area contributed by atoms with Crippen LogP contribution in [-0.4, -0.2) is 37.6 Å². The van der Waals surface area contributed by atoms with Crippen molar-refractivity contribution in [1.82, 2.24) is 10.2 Å². The molecule has 2 heterocycles. The first-order valence-corrected chi connectivity index (χ1v) is 10.3. The Hall–Kier alpha value is -1.85. The minimum atomic E-state index is 0.0714. The third-order valence-electron chi connectivity index (χ3n) is 5.51. The maximum absolute atomic E-state index is 12.7. The summed E-state index contributed by atoms with van der Waals surface area (Å²) in [6.07, 6.45) is 5.96. The van der Waals surface area contributed by atoms with Crippen LogP contribution in [-0.2, 0) is 12.8 Å². The summed E-state index contributed by atoms with van der Waals surface area (Å²) in [6.45, 7) is 2.84. The number of aryl methyl sites for hydroxylation is 2. The second kappa shape index (κ2) is 7.80. The fraction of sp³-hybridized carbons (Fsp3) is 0.476. The van der Waals surface area contributed by atoms with Crippen LogP contribution in [0.25, 0.3) is 0 Å². The van der Waals surface area contributed by atoms with E-state index in [1.165, 1.54) is 35.3 Å². The molecule has 2 aromatic rings. The summed E-state index contributed by atoms with van der Waals surface area (Å²) in [5.41, 5.74) is 2.62. The van der Waals surface area contributed by atoms with Gasteiger partial charge >= 0.3 is 0 Å². The first kappa shape index (κ1) is 17.6. The molecule has 4 nitrogen and oxygen atoms in total. The van der Waals surface area contributed by atoms with Gasteiger partial charge in [0.15, 0.2) is 0 Å². The van der Waals surface area contributed by atoms with E-state index in [1.54, 1.807) is 18.4 Å². The zero-order valence-corrected chi connectivity index (χ0v) is 16.1. The zero-order chi connectivity index (χ0) is 17.9. The summed E-state index contributed by atoms with van der Waals surface area (Å²) >= 11 is 1.67. The highest BCUT2D eigenvalue weighted by Crippen LogP contribution is 2.31. The topological polar surface area (TPSA) is 41.6 Å². The number of benzene rings is 1. The zero-order valence-electron chi connectivity index (χ0n) is 15.3. The van der Waals surface area contributed by atoms with Crippen molar-refractivity contribution in [2.75, 3.05) is 26.7 Å². The number of nitrogens with zero attached hydrogens (tertiary/aromatic N) is 1. The Bertz CT molecular complexity index is 741. The van der Waals surface area contributed by atoms with Gasteiger partial charge in [0.05, 0.1) is 18.0 Å². The van der Waals surface area contributed by atoms with Crippen LogP contribution in [0.1, 0.15) is 51.0 Å². The number of fused-ring (bicyclic) bond motifs is 1. The first-order chi connectivity index (χ1) is 12.7. The lowest BCUT2D eigenvalue weighted by Gasteiger charge is -2.28. The van der Waals surface area contributed by atoms with Gasteiger partial charge < -0.3 is 10.1 Å². The van der Waals surface area contributed by atoms with E-state index < -0.39 is 0 Å². The van der Waals surface area contributed by atoms with Crippen LogP contribution in [0.3, 0.4) is 0 Å². The molecule has 1 aliphatic heterocycles. The van der Waals surface area contributed by atoms with Gasteiger partial charge in [-0.05, 0) is 74.5 Å². The molecule has 5 heteroatoms. The van der Waals surface area contributed by atoms with E-state index in [4.69, 9.17) is 4.74 Å². The van der Waals surface area contributed by atoms with E-state index in [0.717, 1.165) is 36.6 Å². The predicted octanol–water partition coefficient (Wildman–Crippen LogP) is 3.81. The molecule has 2 aliphatic rings. The number of ether oxygens (including phenoxy) is 1. The monoisotopic (exact) mass is 370 g/mol. The maximum Gasteiger partial charge on any atom is 0.261 e. The van der Waals surface area contributed by atoms with Crippen molar-refractivity contribution in [2.24, 2.45) is 0 Å². The molecule has 1 aromatic carbocycles. The number of thiophene rings is 1. The van der Waals surface area contributed by atoms with Gasteiger partial charge in [-0.25, -0.2) is 0 Å². The minimum absolute atomic E-state index is 0.0714. The molecule has 138 valence electrons. The second-order valence-corrected chi connectivity index (χ2v) is 8.29. The van der Waals surface area contributed by atoms with Crippen LogP contribution in [0, 0.1) is 0 Å². The number of carbonyl (C=O) groups excluding carboxylic acids is 1. The number of nitrogens with one attached hydrogen (secondary N) is 1. The van der Waals surface area contributed by atoms with E-state index in [9.17, 15) is 4.79 Å². The van der Waals surface area contributed by atoms with Crippen molar-refractivity contribution in [3.63, 3.8) is 0 Å². The molecule has 0 unspecified atom stereocenters. The van der Waals surface area contributed by atoms with E-state index >= 15 is 0 Å². The number of carbonyl (C=O) groups is 1. The Labute approximate surface area is 159 Å². The average molecular weight is 371 g/mol. The molecule has 0 saturated carbocycles. The minimum Gasteiger partial charge on any atom is -0.497 e. The summed E-state index contributed by atoms with van der Waals surface area (Å²) in [5, 5.41) is 3.19. The largest absolute Gasteiger partial charge is 0.497 e. The van der Waals surface area contributed by atoms with Crippen LogP contribution in [0.2, 0.25) is 0 Å². The van der Waals surface area contributed by atoms with E-state index in [0.29, 0.717) is 6.54 Å². The normalized spacial score (nSPS) is 17.9. The van der Waals surface area contributed by atoms with Gasteiger partial charge in [0.25, 0.3) is 5.91 Å². The van der Waals surface area contributed by atoms with Crippen molar-refractivity contribution in [1.29, 1.82) is 0 Å². The third kappa shape index (κ3) is 3.64. The summed E-state index contributed by atoms with van der Waals surface area (Å²) in [6, 6.07) is 10.6. The molecule has 1 amide bonds. The van der Waals surface area contributed by atoms with Crippen molar-refractivity contribution in [3.8, 4) is 5.75 Å².